The summed E-state index contributed by atoms with van der Waals surface area (Å²) in [5, 5.41) is 6.68. The number of guanidine groups is 1. The summed E-state index contributed by atoms with van der Waals surface area (Å²) in [6, 6.07) is 6.02. The van der Waals surface area contributed by atoms with E-state index in [0.29, 0.717) is 31.6 Å². The van der Waals surface area contributed by atoms with Gasteiger partial charge in [-0.3, -0.25) is 0 Å². The summed E-state index contributed by atoms with van der Waals surface area (Å²) in [6.45, 7) is 14.2. The molecule has 1 atom stereocenters. The lowest BCUT2D eigenvalue weighted by molar-refractivity contribution is 0.287. The van der Waals surface area contributed by atoms with Crippen LogP contribution in [0, 0.1) is 13.8 Å². The van der Waals surface area contributed by atoms with Crippen LogP contribution in [0.15, 0.2) is 27.6 Å². The molecule has 0 spiro atoms. The fourth-order valence-corrected chi connectivity index (χ4v) is 2.70. The van der Waals surface area contributed by atoms with Crippen LogP contribution in [0.3, 0.4) is 0 Å². The molecule has 0 saturated carbocycles. The second kappa shape index (κ2) is 10.6. The number of aliphatic imine (C=N–C) groups is 1. The van der Waals surface area contributed by atoms with Crippen LogP contribution in [0.1, 0.15) is 56.6 Å². The Morgan fingerprint density at radius 1 is 1.14 bits per heavy atom. The van der Waals surface area contributed by atoms with Crippen LogP contribution < -0.4 is 20.1 Å². The van der Waals surface area contributed by atoms with Crippen molar-refractivity contribution in [3.8, 4) is 11.5 Å². The average molecular weight is 389 g/mol. The van der Waals surface area contributed by atoms with Crippen LogP contribution >= 0.6 is 0 Å². The second-order valence-electron chi connectivity index (χ2n) is 6.38. The fourth-order valence-electron chi connectivity index (χ4n) is 2.70. The average Bonchev–Trinajstić information content (AvgIpc) is 2.99. The standard InChI is InChI=1S/C21H32N4O3/c1-7-22-21(23-13-20-24-14(4)16(6)28-20)25-15(5)17-10-11-18(26-8-2)19(12-17)27-9-3/h10-12,15H,7-9,13H2,1-6H3,(H2,22,23,25). The van der Waals surface area contributed by atoms with Gasteiger partial charge in [0.05, 0.1) is 24.9 Å². The molecule has 1 heterocycles. The first-order valence-corrected chi connectivity index (χ1v) is 9.85. The van der Waals surface area contributed by atoms with Gasteiger partial charge in [0.15, 0.2) is 17.5 Å². The minimum absolute atomic E-state index is 0.0284. The van der Waals surface area contributed by atoms with Gasteiger partial charge in [-0.2, -0.15) is 0 Å². The highest BCUT2D eigenvalue weighted by Gasteiger charge is 2.13. The molecule has 154 valence electrons. The molecule has 2 N–H and O–H groups in total. The zero-order valence-electron chi connectivity index (χ0n) is 17.8. The molecule has 0 aliphatic heterocycles. The van der Waals surface area contributed by atoms with Crippen molar-refractivity contribution in [2.24, 2.45) is 4.99 Å². The van der Waals surface area contributed by atoms with Gasteiger partial charge in [-0.1, -0.05) is 6.07 Å². The van der Waals surface area contributed by atoms with Crippen molar-refractivity contribution in [3.63, 3.8) is 0 Å². The number of aromatic nitrogens is 1. The van der Waals surface area contributed by atoms with Gasteiger partial charge >= 0.3 is 0 Å². The van der Waals surface area contributed by atoms with Crippen molar-refractivity contribution in [1.29, 1.82) is 0 Å². The molecule has 0 fully saturated rings. The third kappa shape index (κ3) is 5.90. The number of hydrogen-bond donors (Lipinski definition) is 2. The number of rotatable bonds is 9. The van der Waals surface area contributed by atoms with E-state index in [2.05, 4.69) is 27.5 Å². The summed E-state index contributed by atoms with van der Waals surface area (Å²) in [5.41, 5.74) is 1.98. The molecular formula is C21H32N4O3. The van der Waals surface area contributed by atoms with Gasteiger partial charge in [-0.15, -0.1) is 0 Å². The minimum Gasteiger partial charge on any atom is -0.490 e. The lowest BCUT2D eigenvalue weighted by Gasteiger charge is -2.20. The normalized spacial score (nSPS) is 12.6. The zero-order valence-corrected chi connectivity index (χ0v) is 17.8. The Kier molecular flexibility index (Phi) is 8.17. The molecule has 1 aromatic heterocycles. The van der Waals surface area contributed by atoms with E-state index < -0.39 is 0 Å². The number of nitrogens with zero attached hydrogens (tertiary/aromatic N) is 2. The summed E-state index contributed by atoms with van der Waals surface area (Å²) in [5.74, 6) is 3.66. The van der Waals surface area contributed by atoms with Crippen LogP contribution in [0.4, 0.5) is 0 Å². The lowest BCUT2D eigenvalue weighted by atomic mass is 10.1. The van der Waals surface area contributed by atoms with Gasteiger partial charge in [0.25, 0.3) is 0 Å². The molecule has 1 unspecified atom stereocenters. The van der Waals surface area contributed by atoms with Crippen molar-refractivity contribution >= 4 is 5.96 Å². The molecular weight excluding hydrogens is 356 g/mol. The summed E-state index contributed by atoms with van der Waals surface area (Å²) < 4.78 is 17.0. The molecule has 0 amide bonds. The van der Waals surface area contributed by atoms with Crippen LogP contribution in [0.25, 0.3) is 0 Å². The van der Waals surface area contributed by atoms with Gasteiger partial charge < -0.3 is 24.5 Å². The quantitative estimate of drug-likeness (QED) is 0.501. The van der Waals surface area contributed by atoms with Crippen molar-refractivity contribution in [2.45, 2.75) is 54.1 Å². The Hall–Kier alpha value is -2.70. The summed E-state index contributed by atoms with van der Waals surface area (Å²) in [4.78, 5) is 8.97. The maximum Gasteiger partial charge on any atom is 0.216 e. The van der Waals surface area contributed by atoms with Crippen LogP contribution in [-0.2, 0) is 6.54 Å². The molecule has 1 aromatic carbocycles. The molecule has 7 heteroatoms. The van der Waals surface area contributed by atoms with Gasteiger partial charge in [0, 0.05) is 6.54 Å². The first kappa shape index (κ1) is 21.6. The van der Waals surface area contributed by atoms with Gasteiger partial charge in [-0.25, -0.2) is 9.98 Å². The number of hydrogen-bond acceptors (Lipinski definition) is 5. The summed E-state index contributed by atoms with van der Waals surface area (Å²) in [6.07, 6.45) is 0. The highest BCUT2D eigenvalue weighted by molar-refractivity contribution is 5.80. The molecule has 2 aromatic rings. The molecule has 2 rings (SSSR count). The number of oxazole rings is 1. The van der Waals surface area contributed by atoms with E-state index >= 15 is 0 Å². The maximum atomic E-state index is 5.73. The molecule has 0 radical (unpaired) electrons. The molecule has 28 heavy (non-hydrogen) atoms. The van der Waals surface area contributed by atoms with Crippen molar-refractivity contribution in [2.75, 3.05) is 19.8 Å². The maximum absolute atomic E-state index is 5.73. The van der Waals surface area contributed by atoms with E-state index in [-0.39, 0.29) is 6.04 Å². The van der Waals surface area contributed by atoms with E-state index in [1.807, 2.05) is 52.8 Å². The van der Waals surface area contributed by atoms with E-state index in [0.717, 1.165) is 35.1 Å². The Morgan fingerprint density at radius 2 is 1.86 bits per heavy atom. The molecule has 0 aliphatic rings. The van der Waals surface area contributed by atoms with Crippen molar-refractivity contribution < 1.29 is 13.9 Å². The van der Waals surface area contributed by atoms with Gasteiger partial charge in [0.1, 0.15) is 12.3 Å². The third-order valence-corrected chi connectivity index (χ3v) is 4.21. The number of nitrogens with one attached hydrogen (secondary N) is 2. The second-order valence-corrected chi connectivity index (χ2v) is 6.38. The van der Waals surface area contributed by atoms with Crippen molar-refractivity contribution in [3.05, 3.63) is 41.1 Å². The van der Waals surface area contributed by atoms with E-state index in [9.17, 15) is 0 Å². The first-order valence-electron chi connectivity index (χ1n) is 9.85. The van der Waals surface area contributed by atoms with Gasteiger partial charge in [-0.05, 0) is 59.2 Å². The fraction of sp³-hybridized carbons (Fsp3) is 0.524. The summed E-state index contributed by atoms with van der Waals surface area (Å²) >= 11 is 0. The molecule has 0 saturated heterocycles. The van der Waals surface area contributed by atoms with Crippen molar-refractivity contribution in [1.82, 2.24) is 15.6 Å². The van der Waals surface area contributed by atoms with Crippen LogP contribution in [0.2, 0.25) is 0 Å². The Balaban J connectivity index is 2.13. The lowest BCUT2D eigenvalue weighted by Crippen LogP contribution is -2.38. The number of aryl methyl sites for hydroxylation is 2. The number of ether oxygens (including phenoxy) is 2. The predicted molar refractivity (Wildman–Crippen MR) is 111 cm³/mol. The van der Waals surface area contributed by atoms with Gasteiger partial charge in [0.2, 0.25) is 5.89 Å². The molecule has 0 bridgehead atoms. The Bertz CT molecular complexity index is 766. The minimum atomic E-state index is 0.0284. The monoisotopic (exact) mass is 388 g/mol. The van der Waals surface area contributed by atoms with Crippen LogP contribution in [0.5, 0.6) is 11.5 Å². The Morgan fingerprint density at radius 3 is 2.46 bits per heavy atom. The third-order valence-electron chi connectivity index (χ3n) is 4.21. The zero-order chi connectivity index (χ0) is 20.5. The summed E-state index contributed by atoms with van der Waals surface area (Å²) in [7, 11) is 0. The first-order chi connectivity index (χ1) is 13.5. The highest BCUT2D eigenvalue weighted by atomic mass is 16.5. The Labute approximate surface area is 167 Å². The van der Waals surface area contributed by atoms with E-state index in [1.165, 1.54) is 0 Å². The van der Waals surface area contributed by atoms with E-state index in [4.69, 9.17) is 13.9 Å². The van der Waals surface area contributed by atoms with Crippen LogP contribution in [-0.4, -0.2) is 30.7 Å². The predicted octanol–water partition coefficient (Wildman–Crippen LogP) is 3.91. The number of benzene rings is 1. The highest BCUT2D eigenvalue weighted by Crippen LogP contribution is 2.30. The largest absolute Gasteiger partial charge is 0.490 e. The SMILES string of the molecule is CCNC(=NCc1nc(C)c(C)o1)NC(C)c1ccc(OCC)c(OCC)c1. The molecule has 7 nitrogen and oxygen atoms in total. The van der Waals surface area contributed by atoms with E-state index in [1.54, 1.807) is 0 Å². The smallest absolute Gasteiger partial charge is 0.216 e. The topological polar surface area (TPSA) is 80.9 Å². The molecule has 0 aliphatic carbocycles.